The summed E-state index contributed by atoms with van der Waals surface area (Å²) in [5.41, 5.74) is 2.76. The van der Waals surface area contributed by atoms with Crippen LogP contribution in [-0.2, 0) is 6.54 Å². The van der Waals surface area contributed by atoms with Crippen molar-refractivity contribution >= 4 is 0 Å². The van der Waals surface area contributed by atoms with E-state index < -0.39 is 0 Å². The van der Waals surface area contributed by atoms with Gasteiger partial charge in [-0.15, -0.1) is 0 Å². The van der Waals surface area contributed by atoms with E-state index in [2.05, 4.69) is 43.7 Å². The summed E-state index contributed by atoms with van der Waals surface area (Å²) in [5.74, 6) is 0. The molecule has 23 heavy (non-hydrogen) atoms. The van der Waals surface area contributed by atoms with Gasteiger partial charge in [-0.05, 0) is 18.9 Å². The number of unbranched alkanes of at least 4 members (excludes halogenated alkanes) is 11. The Morgan fingerprint density at radius 2 is 1.22 bits per heavy atom. The molecule has 0 saturated heterocycles. The molecule has 0 fully saturated rings. The van der Waals surface area contributed by atoms with Gasteiger partial charge in [0.05, 0.1) is 0 Å². The minimum absolute atomic E-state index is 0. The second kappa shape index (κ2) is 15.4. The molecule has 0 aliphatic heterocycles. The van der Waals surface area contributed by atoms with Crippen LogP contribution in [0.4, 0.5) is 0 Å². The number of halogens is 1. The van der Waals surface area contributed by atoms with E-state index in [0.717, 1.165) is 0 Å². The van der Waals surface area contributed by atoms with Gasteiger partial charge in [0.1, 0.15) is 6.54 Å². The lowest BCUT2D eigenvalue weighted by molar-refractivity contribution is -0.703. The van der Waals surface area contributed by atoms with Crippen LogP contribution in [0.25, 0.3) is 0 Å². The van der Waals surface area contributed by atoms with Crippen molar-refractivity contribution in [2.24, 2.45) is 0 Å². The molecule has 0 saturated carbocycles. The van der Waals surface area contributed by atoms with Gasteiger partial charge < -0.3 is 24.0 Å². The molecule has 0 amide bonds. The molecule has 0 atom stereocenters. The van der Waals surface area contributed by atoms with E-state index in [1.807, 2.05) is 0 Å². The van der Waals surface area contributed by atoms with E-state index >= 15 is 0 Å². The Kier molecular flexibility index (Phi) is 15.3. The maximum absolute atomic E-state index is 2.39. The highest BCUT2D eigenvalue weighted by Gasteiger charge is 2.04. The van der Waals surface area contributed by atoms with E-state index in [0.29, 0.717) is 0 Å². The van der Waals surface area contributed by atoms with Crippen LogP contribution in [0, 0.1) is 13.8 Å². The summed E-state index contributed by atoms with van der Waals surface area (Å²) in [5, 5.41) is 0. The van der Waals surface area contributed by atoms with Crippen LogP contribution >= 0.6 is 0 Å². The van der Waals surface area contributed by atoms with Gasteiger partial charge in [-0.3, -0.25) is 0 Å². The zero-order valence-corrected chi connectivity index (χ0v) is 17.9. The third-order valence-electron chi connectivity index (χ3n) is 4.66. The fourth-order valence-corrected chi connectivity index (χ4v) is 3.16. The average Bonchev–Trinajstić information content (AvgIpc) is 2.50. The smallest absolute Gasteiger partial charge is 0.178 e. The highest BCUT2D eigenvalue weighted by molar-refractivity contribution is 5.08. The number of nitrogens with zero attached hydrogens (tertiary/aromatic N) is 1. The van der Waals surface area contributed by atoms with E-state index in [1.54, 1.807) is 0 Å². The second-order valence-corrected chi connectivity index (χ2v) is 6.93. The molecule has 0 bridgehead atoms. The Morgan fingerprint density at radius 1 is 0.739 bits per heavy atom. The van der Waals surface area contributed by atoms with Crippen LogP contribution in [0.15, 0.2) is 18.3 Å². The largest absolute Gasteiger partial charge is 1.00 e. The third-order valence-corrected chi connectivity index (χ3v) is 4.66. The summed E-state index contributed by atoms with van der Waals surface area (Å²) >= 11 is 0. The number of aromatic nitrogens is 1. The lowest BCUT2D eigenvalue weighted by atomic mass is 10.1. The molecule has 2 heteroatoms. The number of aryl methyl sites for hydroxylation is 3. The fourth-order valence-electron chi connectivity index (χ4n) is 3.16. The lowest BCUT2D eigenvalue weighted by Gasteiger charge is -2.03. The summed E-state index contributed by atoms with van der Waals surface area (Å²) in [6.07, 6.45) is 19.3. The first-order valence-corrected chi connectivity index (χ1v) is 9.70. The van der Waals surface area contributed by atoms with Crippen LogP contribution in [0.5, 0.6) is 0 Å². The first-order chi connectivity index (χ1) is 10.7. The molecule has 0 aliphatic rings. The summed E-state index contributed by atoms with van der Waals surface area (Å²) in [4.78, 5) is 0. The summed E-state index contributed by atoms with van der Waals surface area (Å²) in [6, 6.07) is 4.49. The predicted octanol–water partition coefficient (Wildman–Crippen LogP) is 3.30. The number of pyridine rings is 1. The van der Waals surface area contributed by atoms with Gasteiger partial charge in [0, 0.05) is 25.5 Å². The molecule has 134 valence electrons. The molecule has 1 aromatic rings. The van der Waals surface area contributed by atoms with Crippen molar-refractivity contribution in [2.45, 2.75) is 104 Å². The number of rotatable bonds is 13. The van der Waals surface area contributed by atoms with Crippen molar-refractivity contribution in [1.82, 2.24) is 0 Å². The summed E-state index contributed by atoms with van der Waals surface area (Å²) in [7, 11) is 0. The van der Waals surface area contributed by atoms with Crippen LogP contribution < -0.4 is 28.5 Å². The van der Waals surface area contributed by atoms with Gasteiger partial charge in [-0.1, -0.05) is 71.1 Å². The van der Waals surface area contributed by atoms with Crippen LogP contribution in [0.2, 0.25) is 0 Å². The van der Waals surface area contributed by atoms with E-state index in [1.165, 1.54) is 94.9 Å². The van der Waals surface area contributed by atoms with Gasteiger partial charge in [0.2, 0.25) is 0 Å². The van der Waals surface area contributed by atoms with Crippen LogP contribution in [-0.4, -0.2) is 0 Å². The first kappa shape index (κ1) is 22.9. The van der Waals surface area contributed by atoms with Crippen molar-refractivity contribution in [3.05, 3.63) is 29.6 Å². The van der Waals surface area contributed by atoms with Gasteiger partial charge in [0.15, 0.2) is 11.9 Å². The minimum atomic E-state index is 0. The molecule has 0 unspecified atom stereocenters. The number of hydrogen-bond acceptors (Lipinski definition) is 0. The Bertz CT molecular complexity index is 389. The topological polar surface area (TPSA) is 3.88 Å². The monoisotopic (exact) mass is 431 g/mol. The van der Waals surface area contributed by atoms with Crippen molar-refractivity contribution in [3.63, 3.8) is 0 Å². The van der Waals surface area contributed by atoms with E-state index in [-0.39, 0.29) is 24.0 Å². The molecule has 0 N–H and O–H groups in total. The molecule has 0 aromatic carbocycles. The van der Waals surface area contributed by atoms with Gasteiger partial charge in [0.25, 0.3) is 0 Å². The Morgan fingerprint density at radius 3 is 1.70 bits per heavy atom. The van der Waals surface area contributed by atoms with Crippen molar-refractivity contribution < 1.29 is 28.5 Å². The van der Waals surface area contributed by atoms with Crippen molar-refractivity contribution in [1.29, 1.82) is 0 Å². The Labute approximate surface area is 162 Å². The standard InChI is InChI=1S/C21H38N.HI/c1-4-5-6-7-8-9-10-11-12-13-14-15-17-22-18-16-20(2)19-21(22)3;/h16,18-19H,4-15,17H2,1-3H3;1H/q+1;/p-1. The maximum Gasteiger partial charge on any atom is 0.178 e. The fraction of sp³-hybridized carbons (Fsp3) is 0.762. The highest BCUT2D eigenvalue weighted by atomic mass is 127. The molecule has 1 nitrogen and oxygen atoms in total. The van der Waals surface area contributed by atoms with Gasteiger partial charge in [-0.2, -0.15) is 0 Å². The zero-order valence-electron chi connectivity index (χ0n) is 15.7. The van der Waals surface area contributed by atoms with Crippen LogP contribution in [0.1, 0.15) is 95.2 Å². The van der Waals surface area contributed by atoms with E-state index in [9.17, 15) is 0 Å². The molecule has 0 radical (unpaired) electrons. The molecular weight excluding hydrogens is 393 g/mol. The molecule has 0 spiro atoms. The molecule has 0 aliphatic carbocycles. The SMILES string of the molecule is CCCCCCCCCCCCCC[n+]1ccc(C)cc1C.[I-]. The average molecular weight is 431 g/mol. The van der Waals surface area contributed by atoms with Gasteiger partial charge in [-0.25, -0.2) is 4.57 Å². The Balaban J connectivity index is 0.00000484. The second-order valence-electron chi connectivity index (χ2n) is 6.93. The maximum atomic E-state index is 2.39. The Hall–Kier alpha value is -0.120. The summed E-state index contributed by atoms with van der Waals surface area (Å²) < 4.78 is 2.39. The lowest BCUT2D eigenvalue weighted by Crippen LogP contribution is -3.00. The normalized spacial score (nSPS) is 10.6. The highest BCUT2D eigenvalue weighted by Crippen LogP contribution is 2.11. The van der Waals surface area contributed by atoms with Crippen molar-refractivity contribution in [2.75, 3.05) is 0 Å². The van der Waals surface area contributed by atoms with Crippen molar-refractivity contribution in [3.8, 4) is 0 Å². The van der Waals surface area contributed by atoms with E-state index in [4.69, 9.17) is 0 Å². The number of hydrogen-bond donors (Lipinski definition) is 0. The molecule has 1 aromatic heterocycles. The zero-order chi connectivity index (χ0) is 16.0. The quantitative estimate of drug-likeness (QED) is 0.256. The molecule has 1 rings (SSSR count). The first-order valence-electron chi connectivity index (χ1n) is 9.70. The summed E-state index contributed by atoms with van der Waals surface area (Å²) in [6.45, 7) is 7.86. The van der Waals surface area contributed by atoms with Gasteiger partial charge >= 0.3 is 0 Å². The molecular formula is C21H38IN. The third kappa shape index (κ3) is 12.0. The molecule has 1 heterocycles. The predicted molar refractivity (Wildman–Crippen MR) is 97.2 cm³/mol. The minimum Gasteiger partial charge on any atom is -1.00 e. The van der Waals surface area contributed by atoms with Crippen LogP contribution in [0.3, 0.4) is 0 Å².